The Bertz CT molecular complexity index is 758. The monoisotopic (exact) mass is 410 g/mol. The number of benzene rings is 1. The van der Waals surface area contributed by atoms with E-state index in [1.807, 2.05) is 0 Å². The molecule has 3 fully saturated rings. The number of carbonyl (C=O) groups excluding carboxylic acids is 2. The third kappa shape index (κ3) is 4.72. The van der Waals surface area contributed by atoms with Gasteiger partial charge in [-0.25, -0.2) is 0 Å². The summed E-state index contributed by atoms with van der Waals surface area (Å²) in [5.41, 5.74) is -0.0496. The molecule has 3 aliphatic rings. The molecule has 2 heterocycles. The van der Waals surface area contributed by atoms with Crippen LogP contribution in [0.3, 0.4) is 0 Å². The number of alkyl halides is 3. The zero-order valence-corrected chi connectivity index (χ0v) is 16.0. The van der Waals surface area contributed by atoms with Crippen LogP contribution >= 0.6 is 0 Å². The van der Waals surface area contributed by atoms with Crippen LogP contribution in [0, 0.1) is 5.92 Å². The highest BCUT2D eigenvalue weighted by molar-refractivity contribution is 5.89. The second kappa shape index (κ2) is 7.95. The summed E-state index contributed by atoms with van der Waals surface area (Å²) in [7, 11) is 0. The van der Waals surface area contributed by atoms with E-state index in [1.165, 1.54) is 12.1 Å². The predicted molar refractivity (Wildman–Crippen MR) is 99.3 cm³/mol. The van der Waals surface area contributed by atoms with Crippen molar-refractivity contribution in [3.05, 3.63) is 35.4 Å². The Morgan fingerprint density at radius 1 is 1.14 bits per heavy atom. The van der Waals surface area contributed by atoms with Crippen LogP contribution in [0.4, 0.5) is 13.2 Å². The molecule has 0 spiro atoms. The molecular weight excluding hydrogens is 385 g/mol. The number of likely N-dealkylation sites (tertiary alicyclic amines) is 1. The number of nitrogens with one attached hydrogen (secondary N) is 3. The minimum atomic E-state index is -4.39. The Morgan fingerprint density at radius 3 is 2.38 bits per heavy atom. The van der Waals surface area contributed by atoms with Gasteiger partial charge in [0, 0.05) is 13.1 Å². The third-order valence-electron chi connectivity index (χ3n) is 5.86. The van der Waals surface area contributed by atoms with E-state index in [0.29, 0.717) is 5.56 Å². The highest BCUT2D eigenvalue weighted by atomic mass is 19.4. The normalized spacial score (nSPS) is 26.8. The number of nitrogens with zero attached hydrogens (tertiary/aromatic N) is 1. The largest absolute Gasteiger partial charge is 0.416 e. The molecule has 9 heteroatoms. The van der Waals surface area contributed by atoms with Crippen LogP contribution in [0.1, 0.15) is 49.3 Å². The minimum absolute atomic E-state index is 0.0422. The van der Waals surface area contributed by atoms with Crippen LogP contribution in [-0.2, 0) is 15.8 Å². The van der Waals surface area contributed by atoms with Gasteiger partial charge in [0.05, 0.1) is 24.1 Å². The van der Waals surface area contributed by atoms with Gasteiger partial charge >= 0.3 is 6.18 Å². The lowest BCUT2D eigenvalue weighted by Gasteiger charge is -2.36. The Balaban J connectivity index is 1.44. The van der Waals surface area contributed by atoms with E-state index in [-0.39, 0.29) is 36.5 Å². The van der Waals surface area contributed by atoms with E-state index in [0.717, 1.165) is 50.9 Å². The number of halogens is 3. The molecule has 2 saturated heterocycles. The fourth-order valence-corrected chi connectivity index (χ4v) is 4.09. The van der Waals surface area contributed by atoms with Gasteiger partial charge in [0.25, 0.3) is 0 Å². The Hall–Kier alpha value is -2.13. The zero-order valence-electron chi connectivity index (χ0n) is 16.0. The maximum absolute atomic E-state index is 12.9. The van der Waals surface area contributed by atoms with Gasteiger partial charge < -0.3 is 10.6 Å². The van der Waals surface area contributed by atoms with Crippen molar-refractivity contribution in [1.82, 2.24) is 20.9 Å². The lowest BCUT2D eigenvalue weighted by atomic mass is 9.99. The van der Waals surface area contributed by atoms with Crippen LogP contribution in [-0.4, -0.2) is 42.1 Å². The predicted octanol–water partition coefficient (Wildman–Crippen LogP) is 2.13. The van der Waals surface area contributed by atoms with Crippen LogP contribution in [0.25, 0.3) is 0 Å². The Morgan fingerprint density at radius 2 is 1.79 bits per heavy atom. The number of hydrogen-bond acceptors (Lipinski definition) is 4. The summed E-state index contributed by atoms with van der Waals surface area (Å²) in [4.78, 5) is 27.1. The molecule has 158 valence electrons. The first-order valence-electron chi connectivity index (χ1n) is 10.1. The van der Waals surface area contributed by atoms with Crippen molar-refractivity contribution >= 4 is 11.8 Å². The molecular formula is C20H25F3N4O2. The van der Waals surface area contributed by atoms with E-state index >= 15 is 0 Å². The number of carbonyl (C=O) groups is 2. The van der Waals surface area contributed by atoms with Crippen molar-refractivity contribution in [2.45, 2.75) is 56.7 Å². The van der Waals surface area contributed by atoms with Gasteiger partial charge in [0.15, 0.2) is 0 Å². The second-order valence-electron chi connectivity index (χ2n) is 8.08. The quantitative estimate of drug-likeness (QED) is 0.696. The SMILES string of the molecule is O=C1CC(C(=O)N[C@@H](c2ccc(C(F)(F)F)cc2)C2CC2)NC(N2CCCC2)N1. The number of rotatable bonds is 5. The standard InChI is InChI=1S/C20H25F3N4O2/c21-20(22,23)14-7-5-13(6-8-14)17(12-3-4-12)26-18(29)15-11-16(28)25-19(24-15)27-9-1-2-10-27/h5-8,12,15,17,19,24H,1-4,9-11H2,(H,25,28)(H,26,29)/t15?,17-,19?/m1/s1. The third-order valence-corrected chi connectivity index (χ3v) is 5.86. The van der Waals surface area contributed by atoms with Gasteiger partial charge in [0.2, 0.25) is 11.8 Å². The van der Waals surface area contributed by atoms with Crippen LogP contribution in [0.5, 0.6) is 0 Å². The lowest BCUT2D eigenvalue weighted by Crippen LogP contribution is -2.66. The van der Waals surface area contributed by atoms with E-state index in [1.54, 1.807) is 0 Å². The molecule has 2 unspecified atom stereocenters. The molecule has 2 amide bonds. The van der Waals surface area contributed by atoms with Gasteiger partial charge in [-0.15, -0.1) is 0 Å². The summed E-state index contributed by atoms with van der Waals surface area (Å²) >= 11 is 0. The van der Waals surface area contributed by atoms with Crippen LogP contribution in [0.15, 0.2) is 24.3 Å². The van der Waals surface area contributed by atoms with E-state index in [9.17, 15) is 22.8 Å². The molecule has 3 atom stereocenters. The first-order chi connectivity index (χ1) is 13.8. The molecule has 0 radical (unpaired) electrons. The van der Waals surface area contributed by atoms with Gasteiger partial charge in [-0.3, -0.25) is 19.8 Å². The Labute approximate surface area is 167 Å². The molecule has 6 nitrogen and oxygen atoms in total. The molecule has 0 bridgehead atoms. The fraction of sp³-hybridized carbons (Fsp3) is 0.600. The maximum Gasteiger partial charge on any atom is 0.416 e. The molecule has 1 aromatic carbocycles. The highest BCUT2D eigenvalue weighted by Crippen LogP contribution is 2.41. The summed E-state index contributed by atoms with van der Waals surface area (Å²) in [6, 6.07) is 3.95. The molecule has 1 saturated carbocycles. The minimum Gasteiger partial charge on any atom is -0.348 e. The van der Waals surface area contributed by atoms with Crippen molar-refractivity contribution in [1.29, 1.82) is 0 Å². The Kier molecular flexibility index (Phi) is 5.52. The van der Waals surface area contributed by atoms with Crippen molar-refractivity contribution in [3.8, 4) is 0 Å². The second-order valence-corrected chi connectivity index (χ2v) is 8.08. The summed E-state index contributed by atoms with van der Waals surface area (Å²) in [6.07, 6.45) is -0.756. The van der Waals surface area contributed by atoms with Crippen molar-refractivity contribution in [3.63, 3.8) is 0 Å². The zero-order chi connectivity index (χ0) is 20.6. The van der Waals surface area contributed by atoms with E-state index in [2.05, 4.69) is 20.9 Å². The fourth-order valence-electron chi connectivity index (χ4n) is 4.09. The van der Waals surface area contributed by atoms with Gasteiger partial charge in [0.1, 0.15) is 6.29 Å². The van der Waals surface area contributed by atoms with Crippen LogP contribution in [0.2, 0.25) is 0 Å². The summed E-state index contributed by atoms with van der Waals surface area (Å²) < 4.78 is 38.5. The molecule has 3 N–H and O–H groups in total. The van der Waals surface area contributed by atoms with Crippen molar-refractivity contribution < 1.29 is 22.8 Å². The first-order valence-corrected chi connectivity index (χ1v) is 10.1. The number of hydrogen-bond donors (Lipinski definition) is 3. The molecule has 1 aromatic rings. The lowest BCUT2D eigenvalue weighted by molar-refractivity contribution is -0.137. The maximum atomic E-state index is 12.9. The topological polar surface area (TPSA) is 73.5 Å². The van der Waals surface area contributed by atoms with Crippen molar-refractivity contribution in [2.24, 2.45) is 5.92 Å². The molecule has 1 aliphatic carbocycles. The van der Waals surface area contributed by atoms with Gasteiger partial charge in [-0.05, 0) is 49.3 Å². The average molecular weight is 410 g/mol. The van der Waals surface area contributed by atoms with E-state index < -0.39 is 17.8 Å². The first kappa shape index (κ1) is 20.2. The summed E-state index contributed by atoms with van der Waals surface area (Å²) in [5, 5.41) is 9.05. The molecule has 0 aromatic heterocycles. The smallest absolute Gasteiger partial charge is 0.348 e. The van der Waals surface area contributed by atoms with Crippen LogP contribution < -0.4 is 16.0 Å². The van der Waals surface area contributed by atoms with Gasteiger partial charge in [-0.1, -0.05) is 12.1 Å². The average Bonchev–Trinajstić information content (AvgIpc) is 3.37. The molecule has 4 rings (SSSR count). The van der Waals surface area contributed by atoms with Gasteiger partial charge in [-0.2, -0.15) is 13.2 Å². The summed E-state index contributed by atoms with van der Waals surface area (Å²) in [5.74, 6) is -0.262. The van der Waals surface area contributed by atoms with E-state index in [4.69, 9.17) is 0 Å². The number of amides is 2. The van der Waals surface area contributed by atoms with Crippen molar-refractivity contribution in [2.75, 3.05) is 13.1 Å². The highest BCUT2D eigenvalue weighted by Gasteiger charge is 2.39. The summed E-state index contributed by atoms with van der Waals surface area (Å²) in [6.45, 7) is 1.73. The molecule has 29 heavy (non-hydrogen) atoms. The molecule has 2 aliphatic heterocycles.